The topological polar surface area (TPSA) is 105 Å². The summed E-state index contributed by atoms with van der Waals surface area (Å²) in [6, 6.07) is 0. The van der Waals surface area contributed by atoms with Gasteiger partial charge < -0.3 is 18.9 Å². The van der Waals surface area contributed by atoms with E-state index in [0.29, 0.717) is 24.8 Å². The average molecular weight is 519 g/mol. The quantitative estimate of drug-likeness (QED) is 0.521. The molecule has 8 nitrogen and oxygen atoms in total. The molecule has 5 aliphatic rings. The van der Waals surface area contributed by atoms with Gasteiger partial charge in [0.25, 0.3) is 0 Å². The SMILES string of the molecule is CC(=O)OCC(=O)[C@@]12OC(C)(C)O[C@@H]1C[C@H]1[C@@H]3CCC4=CC(=O)C=C[C@]4(C)[C@]3(F)[C@@H](OC(C)=O)C[C@@]12C. The number of allylic oxidation sites excluding steroid dienone is 4. The number of Topliss-reactive ketones (excluding diaryl/α,β-unsaturated/α-hetero) is 1. The summed E-state index contributed by atoms with van der Waals surface area (Å²) >= 11 is 0. The van der Waals surface area contributed by atoms with Gasteiger partial charge >= 0.3 is 11.9 Å². The second-order valence-electron chi connectivity index (χ2n) is 12.1. The van der Waals surface area contributed by atoms with Crippen molar-refractivity contribution in [3.63, 3.8) is 0 Å². The fourth-order valence-electron chi connectivity index (χ4n) is 8.37. The summed E-state index contributed by atoms with van der Waals surface area (Å²) in [4.78, 5) is 49.9. The predicted molar refractivity (Wildman–Crippen MR) is 128 cm³/mol. The minimum atomic E-state index is -2.02. The van der Waals surface area contributed by atoms with Crippen molar-refractivity contribution in [2.24, 2.45) is 22.7 Å². The Morgan fingerprint density at radius 3 is 2.46 bits per heavy atom. The number of fused-ring (bicyclic) bond motifs is 7. The third-order valence-corrected chi connectivity index (χ3v) is 9.74. The van der Waals surface area contributed by atoms with Crippen LogP contribution in [0.3, 0.4) is 0 Å². The summed E-state index contributed by atoms with van der Waals surface area (Å²) < 4.78 is 41.4. The monoisotopic (exact) mass is 518 g/mol. The molecular formula is C28H35FO8. The first-order valence-electron chi connectivity index (χ1n) is 13.0. The summed E-state index contributed by atoms with van der Waals surface area (Å²) in [6.07, 6.45) is 3.91. The van der Waals surface area contributed by atoms with Crippen LogP contribution >= 0.6 is 0 Å². The van der Waals surface area contributed by atoms with Crippen molar-refractivity contribution in [1.29, 1.82) is 0 Å². The van der Waals surface area contributed by atoms with E-state index in [-0.39, 0.29) is 18.1 Å². The second kappa shape index (κ2) is 8.06. The Bertz CT molecular complexity index is 1140. The van der Waals surface area contributed by atoms with E-state index in [9.17, 15) is 19.2 Å². The molecule has 9 heteroatoms. The molecule has 0 aromatic heterocycles. The Morgan fingerprint density at radius 2 is 1.81 bits per heavy atom. The van der Waals surface area contributed by atoms with E-state index in [4.69, 9.17) is 18.9 Å². The molecule has 5 rings (SSSR count). The Balaban J connectivity index is 1.65. The molecule has 0 aromatic rings. The van der Waals surface area contributed by atoms with E-state index in [1.165, 1.54) is 26.0 Å². The minimum absolute atomic E-state index is 0.0106. The molecule has 1 saturated heterocycles. The minimum Gasteiger partial charge on any atom is -0.459 e. The van der Waals surface area contributed by atoms with Gasteiger partial charge in [-0.3, -0.25) is 19.2 Å². The van der Waals surface area contributed by atoms with Gasteiger partial charge in [-0.05, 0) is 64.5 Å². The number of hydrogen-bond acceptors (Lipinski definition) is 8. The maximum absolute atomic E-state index is 17.9. The van der Waals surface area contributed by atoms with Crippen molar-refractivity contribution < 1.29 is 42.5 Å². The third kappa shape index (κ3) is 3.38. The lowest BCUT2D eigenvalue weighted by atomic mass is 9.44. The molecule has 8 atom stereocenters. The summed E-state index contributed by atoms with van der Waals surface area (Å²) in [5.74, 6) is -3.90. The summed E-state index contributed by atoms with van der Waals surface area (Å²) in [7, 11) is 0. The van der Waals surface area contributed by atoms with Crippen molar-refractivity contribution in [3.8, 4) is 0 Å². The van der Waals surface area contributed by atoms with Gasteiger partial charge in [0, 0.05) is 30.6 Å². The van der Waals surface area contributed by atoms with Crippen molar-refractivity contribution in [2.75, 3.05) is 6.61 Å². The van der Waals surface area contributed by atoms with Crippen molar-refractivity contribution in [3.05, 3.63) is 23.8 Å². The van der Waals surface area contributed by atoms with Crippen LogP contribution in [0.25, 0.3) is 0 Å². The highest BCUT2D eigenvalue weighted by atomic mass is 19.1. The van der Waals surface area contributed by atoms with Crippen LogP contribution in [-0.2, 0) is 38.1 Å². The van der Waals surface area contributed by atoms with Crippen LogP contribution in [0.1, 0.15) is 67.2 Å². The molecule has 0 aromatic carbocycles. The number of halogens is 1. The highest BCUT2D eigenvalue weighted by molar-refractivity contribution is 6.01. The van der Waals surface area contributed by atoms with Gasteiger partial charge in [0.1, 0.15) is 6.10 Å². The van der Waals surface area contributed by atoms with E-state index in [1.807, 2.05) is 6.92 Å². The van der Waals surface area contributed by atoms with E-state index >= 15 is 4.39 Å². The van der Waals surface area contributed by atoms with Crippen molar-refractivity contribution in [1.82, 2.24) is 0 Å². The van der Waals surface area contributed by atoms with E-state index in [1.54, 1.807) is 26.8 Å². The molecule has 202 valence electrons. The molecule has 3 saturated carbocycles. The Morgan fingerprint density at radius 1 is 1.11 bits per heavy atom. The lowest BCUT2D eigenvalue weighted by Gasteiger charge is -2.63. The molecule has 0 bridgehead atoms. The molecule has 1 heterocycles. The van der Waals surface area contributed by atoms with Crippen molar-refractivity contribution in [2.45, 2.75) is 96.5 Å². The predicted octanol–water partition coefficient (Wildman–Crippen LogP) is 3.56. The number of esters is 2. The van der Waals surface area contributed by atoms with Crippen LogP contribution in [0, 0.1) is 22.7 Å². The van der Waals surface area contributed by atoms with E-state index in [2.05, 4.69) is 0 Å². The fourth-order valence-corrected chi connectivity index (χ4v) is 8.37. The number of hydrogen-bond donors (Lipinski definition) is 0. The number of alkyl halides is 1. The molecule has 4 fully saturated rings. The Labute approximate surface area is 215 Å². The zero-order valence-electron chi connectivity index (χ0n) is 22.2. The molecule has 0 unspecified atom stereocenters. The smallest absolute Gasteiger partial charge is 0.303 e. The standard InChI is InChI=1S/C28H35FO8/c1-15(30)34-14-21(33)28-22(36-24(3,4)37-28)12-20-19-8-7-17-11-18(32)9-10-25(17,5)27(19,29)23(35-16(2)31)13-26(20,28)6/h9-11,19-20,22-23H,7-8,12-14H2,1-6H3/t19-,20-,22+,23-,25-,26-,27+,28+/m0/s1. The zero-order valence-corrected chi connectivity index (χ0v) is 22.2. The Hall–Kier alpha value is -2.39. The maximum Gasteiger partial charge on any atom is 0.303 e. The van der Waals surface area contributed by atoms with Gasteiger partial charge in [-0.1, -0.05) is 18.6 Å². The molecule has 1 aliphatic heterocycles. The fraction of sp³-hybridized carbons (Fsp3) is 0.714. The largest absolute Gasteiger partial charge is 0.459 e. The number of rotatable bonds is 4. The maximum atomic E-state index is 17.9. The van der Waals surface area contributed by atoms with Crippen LogP contribution < -0.4 is 0 Å². The highest BCUT2D eigenvalue weighted by Gasteiger charge is 2.80. The van der Waals surface area contributed by atoms with Crippen LogP contribution in [0.15, 0.2) is 23.8 Å². The Kier molecular flexibility index (Phi) is 5.71. The summed E-state index contributed by atoms with van der Waals surface area (Å²) in [5, 5.41) is 0. The lowest BCUT2D eigenvalue weighted by Crippen LogP contribution is -2.70. The van der Waals surface area contributed by atoms with Gasteiger partial charge in [0.15, 0.2) is 29.4 Å². The number of carbonyl (C=O) groups is 4. The van der Waals surface area contributed by atoms with Crippen LogP contribution in [0.5, 0.6) is 0 Å². The molecule has 37 heavy (non-hydrogen) atoms. The number of carbonyl (C=O) groups excluding carboxylic acids is 4. The first-order chi connectivity index (χ1) is 17.1. The molecular weight excluding hydrogens is 483 g/mol. The van der Waals surface area contributed by atoms with Crippen LogP contribution in [0.4, 0.5) is 4.39 Å². The molecule has 4 aliphatic carbocycles. The zero-order chi connectivity index (χ0) is 27.2. The molecule has 0 N–H and O–H groups in total. The average Bonchev–Trinajstić information content (AvgIpc) is 3.19. The van der Waals surface area contributed by atoms with Crippen molar-refractivity contribution >= 4 is 23.5 Å². The summed E-state index contributed by atoms with van der Waals surface area (Å²) in [6.45, 7) is 9.07. The number of ether oxygens (including phenoxy) is 4. The van der Waals surface area contributed by atoms with Gasteiger partial charge in [-0.15, -0.1) is 0 Å². The van der Waals surface area contributed by atoms with Gasteiger partial charge in [0.2, 0.25) is 5.78 Å². The molecule has 0 spiro atoms. The van der Waals surface area contributed by atoms with Crippen LogP contribution in [-0.4, -0.2) is 59.4 Å². The third-order valence-electron chi connectivity index (χ3n) is 9.74. The lowest BCUT2D eigenvalue weighted by molar-refractivity contribution is -0.251. The van der Waals surface area contributed by atoms with Gasteiger partial charge in [0.05, 0.1) is 6.10 Å². The highest BCUT2D eigenvalue weighted by Crippen LogP contribution is 2.72. The first-order valence-corrected chi connectivity index (χ1v) is 13.0. The van der Waals surface area contributed by atoms with Gasteiger partial charge in [-0.2, -0.15) is 0 Å². The van der Waals surface area contributed by atoms with E-state index < -0.39 is 70.3 Å². The van der Waals surface area contributed by atoms with Gasteiger partial charge in [-0.25, -0.2) is 4.39 Å². The first kappa shape index (κ1) is 26.2. The normalized spacial score (nSPS) is 45.2. The van der Waals surface area contributed by atoms with Crippen LogP contribution in [0.2, 0.25) is 0 Å². The molecule has 0 amide bonds. The molecule has 0 radical (unpaired) electrons. The summed E-state index contributed by atoms with van der Waals surface area (Å²) in [5.41, 5.74) is -4.97. The second-order valence-corrected chi connectivity index (χ2v) is 12.1. The number of ketones is 2. The van der Waals surface area contributed by atoms with E-state index in [0.717, 1.165) is 0 Å².